The number of hydrogen-bond donors (Lipinski definition) is 1. The van der Waals surface area contributed by atoms with E-state index in [1.165, 1.54) is 12.0 Å². The van der Waals surface area contributed by atoms with Crippen LogP contribution < -0.4 is 0 Å². The predicted molar refractivity (Wildman–Crippen MR) is 104 cm³/mol. The Bertz CT molecular complexity index is 613. The lowest BCUT2D eigenvalue weighted by Crippen LogP contribution is -2.56. The van der Waals surface area contributed by atoms with Gasteiger partial charge in [-0.25, -0.2) is 0 Å². The average Bonchev–Trinajstić information content (AvgIpc) is 2.78. The summed E-state index contributed by atoms with van der Waals surface area (Å²) in [7, 11) is 0. The average molecular weight is 460 g/mol. The van der Waals surface area contributed by atoms with E-state index in [1.807, 2.05) is 13.0 Å². The van der Waals surface area contributed by atoms with Gasteiger partial charge >= 0.3 is 0 Å². The van der Waals surface area contributed by atoms with Gasteiger partial charge in [-0.2, -0.15) is 0 Å². The van der Waals surface area contributed by atoms with E-state index >= 15 is 0 Å². The summed E-state index contributed by atoms with van der Waals surface area (Å²) in [4.78, 5) is 12.8. The molecule has 4 aliphatic carbocycles. The molecule has 4 aliphatic rings. The Labute approximate surface area is 162 Å². The highest BCUT2D eigenvalue weighted by atomic mass is 79.9. The van der Waals surface area contributed by atoms with Gasteiger partial charge in [-0.05, 0) is 85.7 Å². The number of alkyl halides is 2. The van der Waals surface area contributed by atoms with Gasteiger partial charge in [-0.1, -0.05) is 45.7 Å². The summed E-state index contributed by atoms with van der Waals surface area (Å²) in [6, 6.07) is 0. The van der Waals surface area contributed by atoms with Gasteiger partial charge in [-0.15, -0.1) is 0 Å². The van der Waals surface area contributed by atoms with Crippen molar-refractivity contribution in [3.05, 3.63) is 11.6 Å². The number of allylic oxidation sites excluding steroid dienone is 1. The summed E-state index contributed by atoms with van der Waals surface area (Å²) in [6.07, 6.45) is 8.25. The van der Waals surface area contributed by atoms with Crippen molar-refractivity contribution < 1.29 is 9.90 Å². The van der Waals surface area contributed by atoms with Crippen LogP contribution in [0.5, 0.6) is 0 Å². The van der Waals surface area contributed by atoms with Gasteiger partial charge in [0.15, 0.2) is 5.78 Å². The van der Waals surface area contributed by atoms with Crippen molar-refractivity contribution in [2.75, 3.05) is 0 Å². The molecule has 4 heteroatoms. The maximum atomic E-state index is 12.5. The number of rotatable bonds is 0. The largest absolute Gasteiger partial charge is 0.393 e. The van der Waals surface area contributed by atoms with E-state index in [2.05, 4.69) is 45.7 Å². The molecule has 0 saturated heterocycles. The van der Waals surface area contributed by atoms with Crippen LogP contribution >= 0.6 is 31.9 Å². The van der Waals surface area contributed by atoms with Crippen molar-refractivity contribution in [1.82, 2.24) is 0 Å². The number of fused-ring (bicyclic) bond motifs is 5. The van der Waals surface area contributed by atoms with Gasteiger partial charge < -0.3 is 5.11 Å². The van der Waals surface area contributed by atoms with Crippen LogP contribution in [-0.2, 0) is 4.79 Å². The first-order valence-corrected chi connectivity index (χ1v) is 11.1. The van der Waals surface area contributed by atoms with Crippen LogP contribution in [-0.4, -0.2) is 26.1 Å². The third-order valence-corrected chi connectivity index (χ3v) is 9.72. The number of halogens is 2. The topological polar surface area (TPSA) is 37.3 Å². The third-order valence-electron chi connectivity index (χ3n) is 8.18. The highest BCUT2D eigenvalue weighted by Crippen LogP contribution is 2.67. The number of ketones is 1. The van der Waals surface area contributed by atoms with Crippen LogP contribution in [0.2, 0.25) is 0 Å². The fraction of sp³-hybridized carbons (Fsp3) is 0.850. The minimum atomic E-state index is -0.435. The smallest absolute Gasteiger partial charge is 0.172 e. The second-order valence-corrected chi connectivity index (χ2v) is 12.3. The molecule has 0 spiro atoms. The molecule has 0 aliphatic heterocycles. The number of aliphatic hydroxyl groups is 1. The van der Waals surface area contributed by atoms with Crippen molar-refractivity contribution in [2.24, 2.45) is 28.6 Å². The molecule has 2 nitrogen and oxygen atoms in total. The maximum Gasteiger partial charge on any atom is 0.172 e. The summed E-state index contributed by atoms with van der Waals surface area (Å²) >= 11 is 7.64. The summed E-state index contributed by atoms with van der Waals surface area (Å²) in [6.45, 7) is 6.75. The standard InChI is InChI=1S/C20H28Br2O2/c1-18-7-6-13-11(12(18)4-5-16(18)23)8-15(21)14-9-17(24)20(3,22)10-19(13,14)2/h9,11-13,15-16,23H,4-8,10H2,1-3H3/t11-,12-,13-,15?,16-,18-,19+,20?/m0/s1. The van der Waals surface area contributed by atoms with Gasteiger partial charge in [0.25, 0.3) is 0 Å². The Morgan fingerprint density at radius 2 is 1.88 bits per heavy atom. The Balaban J connectivity index is 1.76. The Kier molecular flexibility index (Phi) is 4.00. The Hall–Kier alpha value is 0.330. The second-order valence-electron chi connectivity index (χ2n) is 9.47. The Morgan fingerprint density at radius 1 is 1.17 bits per heavy atom. The second kappa shape index (κ2) is 5.42. The van der Waals surface area contributed by atoms with Crippen molar-refractivity contribution >= 4 is 37.6 Å². The zero-order valence-electron chi connectivity index (χ0n) is 14.8. The molecule has 3 saturated carbocycles. The quantitative estimate of drug-likeness (QED) is 0.516. The lowest BCUT2D eigenvalue weighted by atomic mass is 9.46. The molecular weight excluding hydrogens is 432 g/mol. The molecule has 0 aromatic heterocycles. The predicted octanol–water partition coefficient (Wildman–Crippen LogP) is 5.02. The lowest BCUT2D eigenvalue weighted by molar-refractivity contribution is -0.120. The van der Waals surface area contributed by atoms with E-state index < -0.39 is 4.32 Å². The fourth-order valence-electron chi connectivity index (χ4n) is 6.87. The van der Waals surface area contributed by atoms with Gasteiger partial charge in [-0.3, -0.25) is 4.79 Å². The molecule has 1 N–H and O–H groups in total. The minimum Gasteiger partial charge on any atom is -0.393 e. The molecule has 0 aromatic carbocycles. The van der Waals surface area contributed by atoms with Crippen LogP contribution in [0, 0.1) is 28.6 Å². The highest BCUT2D eigenvalue weighted by molar-refractivity contribution is 9.10. The molecule has 0 amide bonds. The zero-order valence-corrected chi connectivity index (χ0v) is 18.0. The summed E-state index contributed by atoms with van der Waals surface area (Å²) < 4.78 is -0.435. The number of carbonyl (C=O) groups is 1. The fourth-order valence-corrected chi connectivity index (χ4v) is 8.66. The molecule has 2 unspecified atom stereocenters. The summed E-state index contributed by atoms with van der Waals surface area (Å²) in [5.74, 6) is 2.13. The molecule has 0 aromatic rings. The van der Waals surface area contributed by atoms with Crippen molar-refractivity contribution in [1.29, 1.82) is 0 Å². The van der Waals surface area contributed by atoms with Crippen molar-refractivity contribution in [3.63, 3.8) is 0 Å². The monoisotopic (exact) mass is 458 g/mol. The molecule has 3 fully saturated rings. The van der Waals surface area contributed by atoms with Gasteiger partial charge in [0.2, 0.25) is 0 Å². The van der Waals surface area contributed by atoms with Crippen molar-refractivity contribution in [2.45, 2.75) is 74.6 Å². The molecule has 0 radical (unpaired) electrons. The lowest BCUT2D eigenvalue weighted by Gasteiger charge is -2.60. The van der Waals surface area contributed by atoms with Crippen LogP contribution in [0.4, 0.5) is 0 Å². The van der Waals surface area contributed by atoms with Crippen LogP contribution in [0.1, 0.15) is 59.3 Å². The van der Waals surface area contributed by atoms with E-state index in [-0.39, 0.29) is 22.7 Å². The first kappa shape index (κ1) is 17.7. The van der Waals surface area contributed by atoms with E-state index in [1.54, 1.807) is 0 Å². The van der Waals surface area contributed by atoms with Crippen molar-refractivity contribution in [3.8, 4) is 0 Å². The van der Waals surface area contributed by atoms with Gasteiger partial charge in [0.05, 0.1) is 10.4 Å². The Morgan fingerprint density at radius 3 is 2.58 bits per heavy atom. The first-order valence-electron chi connectivity index (χ1n) is 9.37. The molecule has 134 valence electrons. The summed E-state index contributed by atoms with van der Waals surface area (Å²) in [5.41, 5.74) is 1.51. The number of carbonyl (C=O) groups excluding carboxylic acids is 1. The number of aliphatic hydroxyl groups excluding tert-OH is 1. The highest BCUT2D eigenvalue weighted by Gasteiger charge is 2.61. The summed E-state index contributed by atoms with van der Waals surface area (Å²) in [5, 5.41) is 10.6. The molecule has 0 heterocycles. The molecule has 8 atom stereocenters. The van der Waals surface area contributed by atoms with E-state index in [4.69, 9.17) is 0 Å². The molecule has 4 rings (SSSR count). The number of hydrogen-bond acceptors (Lipinski definition) is 2. The normalized spacial score (nSPS) is 57.0. The van der Waals surface area contributed by atoms with E-state index in [0.717, 1.165) is 32.1 Å². The van der Waals surface area contributed by atoms with Crippen LogP contribution in [0.25, 0.3) is 0 Å². The molecule has 24 heavy (non-hydrogen) atoms. The minimum absolute atomic E-state index is 0.0815. The zero-order chi connectivity index (χ0) is 17.5. The molecular formula is C20H28Br2O2. The van der Waals surface area contributed by atoms with Crippen LogP contribution in [0.3, 0.4) is 0 Å². The molecule has 0 bridgehead atoms. The first-order chi connectivity index (χ1) is 11.1. The van der Waals surface area contributed by atoms with E-state index in [0.29, 0.717) is 22.6 Å². The van der Waals surface area contributed by atoms with Gasteiger partial charge in [0, 0.05) is 4.83 Å². The van der Waals surface area contributed by atoms with Crippen LogP contribution in [0.15, 0.2) is 11.6 Å². The SMILES string of the molecule is CC1(Br)C[C@@]2(C)C(=CC1=O)C(Br)C[C@H]1[C@@H]3CC[C@H](O)[C@@]3(C)CC[C@@H]12. The van der Waals surface area contributed by atoms with Gasteiger partial charge in [0.1, 0.15) is 0 Å². The third kappa shape index (κ3) is 2.24. The maximum absolute atomic E-state index is 12.5. The van der Waals surface area contributed by atoms with E-state index in [9.17, 15) is 9.90 Å².